The molecule has 0 radical (unpaired) electrons. The van der Waals surface area contributed by atoms with E-state index in [1.165, 1.54) is 0 Å². The van der Waals surface area contributed by atoms with Gasteiger partial charge in [-0.3, -0.25) is 0 Å². The molecule has 0 aliphatic rings. The van der Waals surface area contributed by atoms with Crippen LogP contribution in [-0.2, 0) is 18.0 Å². The van der Waals surface area contributed by atoms with Gasteiger partial charge in [0.1, 0.15) is 0 Å². The highest BCUT2D eigenvalue weighted by Gasteiger charge is 1.99. The van der Waals surface area contributed by atoms with Crippen LogP contribution in [0.1, 0.15) is 11.1 Å². The van der Waals surface area contributed by atoms with Crippen molar-refractivity contribution in [1.29, 1.82) is 0 Å². The molecule has 0 spiro atoms. The largest absolute Gasteiger partial charge is 0.398 e. The van der Waals surface area contributed by atoms with Crippen molar-refractivity contribution >= 4 is 33.2 Å². The second-order valence-corrected chi connectivity index (χ2v) is 5.30. The average Bonchev–Trinajstić information content (AvgIpc) is 2.34. The minimum absolute atomic E-state index is 0.522. The van der Waals surface area contributed by atoms with Crippen molar-refractivity contribution in [2.24, 2.45) is 0 Å². The van der Waals surface area contributed by atoms with Crippen molar-refractivity contribution in [1.82, 2.24) is 0 Å². The fraction of sp³-hybridized carbons (Fsp3) is 0.143. The molecule has 0 saturated heterocycles. The third-order valence-electron chi connectivity index (χ3n) is 2.49. The molecule has 2 rings (SSSR count). The molecule has 0 aromatic heterocycles. The van der Waals surface area contributed by atoms with Crippen molar-refractivity contribution in [3.63, 3.8) is 0 Å². The number of ether oxygens (including phenoxy) is 1. The van der Waals surface area contributed by atoms with E-state index in [0.29, 0.717) is 23.9 Å². The predicted octanol–water partition coefficient (Wildman–Crippen LogP) is 4.40. The summed E-state index contributed by atoms with van der Waals surface area (Å²) in [5.74, 6) is 0. The van der Waals surface area contributed by atoms with Crippen LogP contribution < -0.4 is 5.73 Å². The van der Waals surface area contributed by atoms with Crippen molar-refractivity contribution in [2.75, 3.05) is 5.73 Å². The minimum Gasteiger partial charge on any atom is -0.398 e. The molecule has 0 heterocycles. The van der Waals surface area contributed by atoms with Gasteiger partial charge in [-0.2, -0.15) is 0 Å². The monoisotopic (exact) mass is 325 g/mol. The molecule has 4 heteroatoms. The molecular weight excluding hydrogens is 314 g/mol. The summed E-state index contributed by atoms with van der Waals surface area (Å²) < 4.78 is 6.69. The van der Waals surface area contributed by atoms with Gasteiger partial charge in [-0.05, 0) is 35.4 Å². The highest BCUT2D eigenvalue weighted by atomic mass is 79.9. The summed E-state index contributed by atoms with van der Waals surface area (Å²) in [6.45, 7) is 1.09. The van der Waals surface area contributed by atoms with Crippen LogP contribution in [0, 0.1) is 0 Å². The lowest BCUT2D eigenvalue weighted by Crippen LogP contribution is -1.96. The second-order valence-electron chi connectivity index (χ2n) is 3.98. The Bertz CT molecular complexity index is 545. The van der Waals surface area contributed by atoms with Crippen LogP contribution in [0.2, 0.25) is 5.02 Å². The Balaban J connectivity index is 1.90. The number of hydrogen-bond donors (Lipinski definition) is 1. The Morgan fingerprint density at radius 1 is 1.06 bits per heavy atom. The lowest BCUT2D eigenvalue weighted by molar-refractivity contribution is 0.107. The van der Waals surface area contributed by atoms with Crippen LogP contribution in [-0.4, -0.2) is 0 Å². The zero-order valence-corrected chi connectivity index (χ0v) is 12.0. The summed E-state index contributed by atoms with van der Waals surface area (Å²) in [6, 6.07) is 13.6. The number of nitrogens with two attached hydrogens (primary N) is 1. The van der Waals surface area contributed by atoms with Gasteiger partial charge in [0.05, 0.1) is 23.9 Å². The highest BCUT2D eigenvalue weighted by molar-refractivity contribution is 9.10. The van der Waals surface area contributed by atoms with E-state index in [2.05, 4.69) is 15.9 Å². The predicted molar refractivity (Wildman–Crippen MR) is 78.5 cm³/mol. The summed E-state index contributed by atoms with van der Waals surface area (Å²) in [6.07, 6.45) is 0. The Morgan fingerprint density at radius 3 is 2.44 bits per heavy atom. The third-order valence-corrected chi connectivity index (χ3v) is 3.32. The first kappa shape index (κ1) is 13.4. The Morgan fingerprint density at radius 2 is 1.78 bits per heavy atom. The van der Waals surface area contributed by atoms with Gasteiger partial charge in [0.2, 0.25) is 0 Å². The molecule has 18 heavy (non-hydrogen) atoms. The summed E-state index contributed by atoms with van der Waals surface area (Å²) in [5.41, 5.74) is 8.46. The van der Waals surface area contributed by atoms with Gasteiger partial charge in [0.15, 0.2) is 0 Å². The van der Waals surface area contributed by atoms with Crippen LogP contribution in [0.3, 0.4) is 0 Å². The summed E-state index contributed by atoms with van der Waals surface area (Å²) in [4.78, 5) is 0. The van der Waals surface area contributed by atoms with E-state index in [4.69, 9.17) is 22.1 Å². The highest BCUT2D eigenvalue weighted by Crippen LogP contribution is 2.20. The van der Waals surface area contributed by atoms with Crippen LogP contribution in [0.4, 0.5) is 5.69 Å². The van der Waals surface area contributed by atoms with Crippen LogP contribution in [0.5, 0.6) is 0 Å². The Labute approximate surface area is 120 Å². The van der Waals surface area contributed by atoms with E-state index < -0.39 is 0 Å². The van der Waals surface area contributed by atoms with Gasteiger partial charge in [-0.25, -0.2) is 0 Å². The maximum atomic E-state index is 5.86. The molecular formula is C14H13BrClNO. The van der Waals surface area contributed by atoms with Gasteiger partial charge in [0, 0.05) is 4.47 Å². The molecule has 0 bridgehead atoms. The van der Waals surface area contributed by atoms with Crippen LogP contribution in [0.15, 0.2) is 46.9 Å². The molecule has 2 aromatic rings. The zero-order chi connectivity index (χ0) is 13.0. The van der Waals surface area contributed by atoms with Crippen molar-refractivity contribution < 1.29 is 4.74 Å². The molecule has 0 amide bonds. The fourth-order valence-electron chi connectivity index (χ4n) is 1.60. The fourth-order valence-corrected chi connectivity index (χ4v) is 2.16. The standard InChI is InChI=1S/C14H13BrClNO/c15-12-3-1-2-10(6-12)8-18-9-11-4-5-13(16)14(17)7-11/h1-7H,8-9,17H2. The minimum atomic E-state index is 0.522. The van der Waals surface area contributed by atoms with E-state index in [1.54, 1.807) is 6.07 Å². The average molecular weight is 327 g/mol. The number of hydrogen-bond acceptors (Lipinski definition) is 2. The normalized spacial score (nSPS) is 10.6. The Hall–Kier alpha value is -1.03. The lowest BCUT2D eigenvalue weighted by Gasteiger charge is -2.06. The first-order valence-electron chi connectivity index (χ1n) is 5.51. The number of halogens is 2. The van der Waals surface area contributed by atoms with E-state index in [9.17, 15) is 0 Å². The number of nitrogen functional groups attached to an aromatic ring is 1. The molecule has 2 nitrogen and oxygen atoms in total. The first-order chi connectivity index (χ1) is 8.65. The summed E-state index contributed by atoms with van der Waals surface area (Å²) in [7, 11) is 0. The SMILES string of the molecule is Nc1cc(COCc2cccc(Br)c2)ccc1Cl. The number of rotatable bonds is 4. The molecule has 0 aliphatic carbocycles. The van der Waals surface area contributed by atoms with Gasteiger partial charge in [0.25, 0.3) is 0 Å². The van der Waals surface area contributed by atoms with Crippen molar-refractivity contribution in [2.45, 2.75) is 13.2 Å². The zero-order valence-electron chi connectivity index (χ0n) is 9.70. The van der Waals surface area contributed by atoms with E-state index in [1.807, 2.05) is 36.4 Å². The molecule has 0 unspecified atom stereocenters. The lowest BCUT2D eigenvalue weighted by atomic mass is 10.2. The number of benzene rings is 2. The van der Waals surface area contributed by atoms with Crippen molar-refractivity contribution in [3.8, 4) is 0 Å². The van der Waals surface area contributed by atoms with Crippen LogP contribution in [0.25, 0.3) is 0 Å². The van der Waals surface area contributed by atoms with Gasteiger partial charge in [-0.1, -0.05) is 45.7 Å². The quantitative estimate of drug-likeness (QED) is 0.845. The smallest absolute Gasteiger partial charge is 0.0722 e. The molecule has 0 fully saturated rings. The maximum Gasteiger partial charge on any atom is 0.0722 e. The molecule has 2 N–H and O–H groups in total. The molecule has 94 valence electrons. The molecule has 0 saturated carbocycles. The molecule has 2 aromatic carbocycles. The van der Waals surface area contributed by atoms with Gasteiger partial charge >= 0.3 is 0 Å². The molecule has 0 aliphatic heterocycles. The topological polar surface area (TPSA) is 35.2 Å². The van der Waals surface area contributed by atoms with E-state index in [-0.39, 0.29) is 0 Å². The Kier molecular flexibility index (Phi) is 4.64. The van der Waals surface area contributed by atoms with E-state index in [0.717, 1.165) is 15.6 Å². The van der Waals surface area contributed by atoms with Crippen molar-refractivity contribution in [3.05, 3.63) is 63.1 Å². The van der Waals surface area contributed by atoms with Gasteiger partial charge < -0.3 is 10.5 Å². The van der Waals surface area contributed by atoms with Crippen LogP contribution >= 0.6 is 27.5 Å². The van der Waals surface area contributed by atoms with Gasteiger partial charge in [-0.15, -0.1) is 0 Å². The van der Waals surface area contributed by atoms with E-state index >= 15 is 0 Å². The maximum absolute atomic E-state index is 5.86. The summed E-state index contributed by atoms with van der Waals surface area (Å²) >= 11 is 9.29. The first-order valence-corrected chi connectivity index (χ1v) is 6.68. The third kappa shape index (κ3) is 3.73. The second kappa shape index (κ2) is 6.23. The molecule has 0 atom stereocenters. The summed E-state index contributed by atoms with van der Waals surface area (Å²) in [5, 5.41) is 0.575. The number of anilines is 1.